The first-order chi connectivity index (χ1) is 7.74. The number of alkyl halides is 1. The standard InChI is InChI=1S/C9H9ClO2.H2O4S/c10-6-8(11)5-7-3-1-2-4-9(7)12;1-5(2,3)4/h1-4,12H,5-6H2;(H2,1,2,3,4). The molecule has 0 heterocycles. The summed E-state index contributed by atoms with van der Waals surface area (Å²) in [5.74, 6) is 0.0584. The van der Waals surface area contributed by atoms with Crippen molar-refractivity contribution in [2.45, 2.75) is 6.42 Å². The van der Waals surface area contributed by atoms with E-state index in [1.807, 2.05) is 0 Å². The second kappa shape index (κ2) is 7.23. The zero-order valence-corrected chi connectivity index (χ0v) is 10.1. The number of halogens is 1. The molecule has 6 nitrogen and oxygen atoms in total. The van der Waals surface area contributed by atoms with Crippen LogP contribution in [0.4, 0.5) is 0 Å². The van der Waals surface area contributed by atoms with Gasteiger partial charge in [-0.25, -0.2) is 0 Å². The Morgan fingerprint density at radius 2 is 1.71 bits per heavy atom. The number of rotatable bonds is 3. The van der Waals surface area contributed by atoms with E-state index in [1.54, 1.807) is 24.3 Å². The summed E-state index contributed by atoms with van der Waals surface area (Å²) in [6.45, 7) is 0. The van der Waals surface area contributed by atoms with Crippen LogP contribution in [0.5, 0.6) is 5.75 Å². The number of carbonyl (C=O) groups is 1. The third kappa shape index (κ3) is 9.76. The van der Waals surface area contributed by atoms with E-state index in [-0.39, 0.29) is 23.8 Å². The molecule has 0 radical (unpaired) electrons. The van der Waals surface area contributed by atoms with E-state index < -0.39 is 10.4 Å². The molecular weight excluding hydrogens is 272 g/mol. The van der Waals surface area contributed by atoms with Gasteiger partial charge in [-0.2, -0.15) is 8.42 Å². The molecule has 0 unspecified atom stereocenters. The third-order valence-corrected chi connectivity index (χ3v) is 1.83. The summed E-state index contributed by atoms with van der Waals surface area (Å²) in [5, 5.41) is 9.26. The topological polar surface area (TPSA) is 112 Å². The quantitative estimate of drug-likeness (QED) is 0.565. The highest BCUT2D eigenvalue weighted by Gasteiger charge is 2.04. The molecule has 0 saturated heterocycles. The van der Waals surface area contributed by atoms with Crippen molar-refractivity contribution in [1.29, 1.82) is 0 Å². The molecule has 1 rings (SSSR count). The molecule has 0 spiro atoms. The van der Waals surface area contributed by atoms with Crippen LogP contribution >= 0.6 is 11.6 Å². The van der Waals surface area contributed by atoms with Crippen LogP contribution in [0.1, 0.15) is 5.56 Å². The minimum atomic E-state index is -4.67. The van der Waals surface area contributed by atoms with Gasteiger partial charge in [0, 0.05) is 12.0 Å². The van der Waals surface area contributed by atoms with E-state index in [2.05, 4.69) is 0 Å². The largest absolute Gasteiger partial charge is 0.508 e. The van der Waals surface area contributed by atoms with Gasteiger partial charge in [0.2, 0.25) is 0 Å². The molecule has 0 amide bonds. The van der Waals surface area contributed by atoms with Crippen molar-refractivity contribution < 1.29 is 27.4 Å². The Labute approximate surface area is 103 Å². The van der Waals surface area contributed by atoms with Gasteiger partial charge in [0.05, 0.1) is 5.88 Å². The molecule has 0 bridgehead atoms. The zero-order chi connectivity index (χ0) is 13.5. The normalized spacial score (nSPS) is 10.3. The third-order valence-electron chi connectivity index (χ3n) is 1.53. The summed E-state index contributed by atoms with van der Waals surface area (Å²) in [5.41, 5.74) is 0.628. The maximum atomic E-state index is 10.9. The van der Waals surface area contributed by atoms with Crippen LogP contribution in [0.25, 0.3) is 0 Å². The number of phenolic OH excluding ortho intramolecular Hbond substituents is 1. The monoisotopic (exact) mass is 282 g/mol. The fraction of sp³-hybridized carbons (Fsp3) is 0.222. The molecule has 0 fully saturated rings. The Hall–Kier alpha value is -1.15. The van der Waals surface area contributed by atoms with Crippen LogP contribution in [0.3, 0.4) is 0 Å². The van der Waals surface area contributed by atoms with Gasteiger partial charge in [-0.3, -0.25) is 13.9 Å². The van der Waals surface area contributed by atoms with Crippen molar-refractivity contribution in [3.63, 3.8) is 0 Å². The average molecular weight is 283 g/mol. The lowest BCUT2D eigenvalue weighted by atomic mass is 10.1. The van der Waals surface area contributed by atoms with Crippen molar-refractivity contribution in [2.75, 3.05) is 5.88 Å². The Morgan fingerprint density at radius 3 is 2.12 bits per heavy atom. The summed E-state index contributed by atoms with van der Waals surface area (Å²) < 4.78 is 31.6. The van der Waals surface area contributed by atoms with Crippen LogP contribution in [0, 0.1) is 0 Å². The highest BCUT2D eigenvalue weighted by molar-refractivity contribution is 7.79. The minimum absolute atomic E-state index is 0.00562. The first-order valence-corrected chi connectivity index (χ1v) is 6.21. The number of hydrogen-bond acceptors (Lipinski definition) is 4. The van der Waals surface area contributed by atoms with Crippen LogP contribution in [-0.2, 0) is 21.6 Å². The molecule has 96 valence electrons. The van der Waals surface area contributed by atoms with Crippen LogP contribution in [-0.4, -0.2) is 34.3 Å². The second-order valence-corrected chi connectivity index (χ2v) is 4.09. The fourth-order valence-corrected chi connectivity index (χ4v) is 1.01. The molecule has 8 heteroatoms. The number of carbonyl (C=O) groups excluding carboxylic acids is 1. The minimum Gasteiger partial charge on any atom is -0.508 e. The zero-order valence-electron chi connectivity index (χ0n) is 8.58. The summed E-state index contributed by atoms with van der Waals surface area (Å²) in [7, 11) is -4.67. The second-order valence-electron chi connectivity index (χ2n) is 2.93. The maximum absolute atomic E-state index is 10.9. The SMILES string of the molecule is O=C(CCl)Cc1ccccc1O.O=S(=O)(O)O. The summed E-state index contributed by atoms with van der Waals surface area (Å²) >= 11 is 5.32. The molecule has 1 aromatic rings. The Morgan fingerprint density at radius 1 is 1.24 bits per heavy atom. The molecule has 0 aliphatic rings. The molecule has 17 heavy (non-hydrogen) atoms. The van der Waals surface area contributed by atoms with Crippen LogP contribution < -0.4 is 0 Å². The van der Waals surface area contributed by atoms with Gasteiger partial charge >= 0.3 is 10.4 Å². The van der Waals surface area contributed by atoms with Gasteiger partial charge in [0.15, 0.2) is 5.78 Å². The fourth-order valence-electron chi connectivity index (χ4n) is 0.920. The highest BCUT2D eigenvalue weighted by Crippen LogP contribution is 2.16. The smallest absolute Gasteiger partial charge is 0.394 e. The van der Waals surface area contributed by atoms with Crippen molar-refractivity contribution >= 4 is 27.8 Å². The number of ketones is 1. The summed E-state index contributed by atoms with van der Waals surface area (Å²) in [6.07, 6.45) is 0.205. The van der Waals surface area contributed by atoms with E-state index in [4.69, 9.17) is 29.1 Å². The predicted octanol–water partition coefficient (Wildman–Crippen LogP) is 1.09. The lowest BCUT2D eigenvalue weighted by Gasteiger charge is -2.00. The molecule has 3 N–H and O–H groups in total. The molecule has 0 aliphatic carbocycles. The van der Waals surface area contributed by atoms with Gasteiger partial charge in [0.25, 0.3) is 0 Å². The van der Waals surface area contributed by atoms with Crippen molar-refractivity contribution in [3.8, 4) is 5.75 Å². The molecule has 0 atom stereocenters. The summed E-state index contributed by atoms with van der Waals surface area (Å²) in [6, 6.07) is 6.75. The Balaban J connectivity index is 0.000000437. The number of aromatic hydroxyl groups is 1. The lowest BCUT2D eigenvalue weighted by molar-refractivity contribution is -0.116. The highest BCUT2D eigenvalue weighted by atomic mass is 35.5. The Bertz CT molecular complexity index is 462. The van der Waals surface area contributed by atoms with Crippen LogP contribution in [0.15, 0.2) is 24.3 Å². The van der Waals surface area contributed by atoms with Crippen molar-refractivity contribution in [2.24, 2.45) is 0 Å². The molecule has 0 aliphatic heterocycles. The van der Waals surface area contributed by atoms with Gasteiger partial charge in [-0.05, 0) is 6.07 Å². The van der Waals surface area contributed by atoms with Gasteiger partial charge in [-0.15, -0.1) is 11.6 Å². The van der Waals surface area contributed by atoms with Gasteiger partial charge in [-0.1, -0.05) is 18.2 Å². The number of para-hydroxylation sites is 1. The van der Waals surface area contributed by atoms with Crippen molar-refractivity contribution in [3.05, 3.63) is 29.8 Å². The average Bonchev–Trinajstić information content (AvgIpc) is 2.19. The number of hydrogen-bond donors (Lipinski definition) is 3. The van der Waals surface area contributed by atoms with Crippen molar-refractivity contribution in [1.82, 2.24) is 0 Å². The number of phenols is 1. The van der Waals surface area contributed by atoms with E-state index in [9.17, 15) is 9.90 Å². The predicted molar refractivity (Wildman–Crippen MR) is 61.7 cm³/mol. The van der Waals surface area contributed by atoms with Gasteiger partial charge in [0.1, 0.15) is 5.75 Å². The lowest BCUT2D eigenvalue weighted by Crippen LogP contribution is -2.03. The first-order valence-electron chi connectivity index (χ1n) is 4.28. The molecule has 0 aromatic heterocycles. The summed E-state index contributed by atoms with van der Waals surface area (Å²) in [4.78, 5) is 10.9. The number of benzene rings is 1. The van der Waals surface area contributed by atoms with Crippen LogP contribution in [0.2, 0.25) is 0 Å². The van der Waals surface area contributed by atoms with E-state index in [0.29, 0.717) is 5.56 Å². The molecule has 0 saturated carbocycles. The Kier molecular flexibility index (Phi) is 6.74. The maximum Gasteiger partial charge on any atom is 0.394 e. The van der Waals surface area contributed by atoms with E-state index >= 15 is 0 Å². The van der Waals surface area contributed by atoms with E-state index in [1.165, 1.54) is 0 Å². The van der Waals surface area contributed by atoms with Gasteiger partial charge < -0.3 is 5.11 Å². The molecular formula is C9H11ClO6S. The van der Waals surface area contributed by atoms with E-state index in [0.717, 1.165) is 0 Å². The first kappa shape index (κ1) is 15.9. The molecule has 1 aromatic carbocycles. The number of Topliss-reactive ketones (excluding diaryl/α,β-unsaturated/α-hetero) is 1.